The van der Waals surface area contributed by atoms with Gasteiger partial charge in [0.1, 0.15) is 13.2 Å². The van der Waals surface area contributed by atoms with Crippen LogP contribution in [0.2, 0.25) is 0 Å². The highest BCUT2D eigenvalue weighted by atomic mass is 32.2. The van der Waals surface area contributed by atoms with Gasteiger partial charge >= 0.3 is 59.7 Å². The number of fused-ring (bicyclic) bond motifs is 2. The predicted octanol–water partition coefficient (Wildman–Crippen LogP) is 8.27. The molecule has 0 radical (unpaired) electrons. The number of esters is 10. The number of ether oxygens (including phenoxy) is 10. The molecule has 6 rings (SSSR count). The molecule has 6 N–H and O–H groups in total. The van der Waals surface area contributed by atoms with Crippen LogP contribution in [0, 0.1) is 10.8 Å². The van der Waals surface area contributed by atoms with Crippen molar-refractivity contribution in [1.29, 1.82) is 0 Å². The van der Waals surface area contributed by atoms with Gasteiger partial charge in [0.05, 0.1) is 33.5 Å². The SMILES string of the molecule is CCCC[C@@]1(CC)CS(=O)(=O)c2ccc(N(C)C)cc2[C@H](c2cccc(NC(=O)CCCCNC(=O)[C@H](OC(C)=O)[C@@H](OC(C)=O)[C@H](OC(C)=O)[C@@H](COC(C)=O)OC(C)=O)c2)[C@@H]1O.CCCC[C@]1(CC)CS(=O)(=O)c2ccc(N(C)C)cc2[C@@H](c2cccc(NC(=O)CCCCNC(=O)[C@H](OC(C)=O)[C@@H](OC(C)=O)[C@H](OC(C)=O)[C@@H](COC(C)=O)OC(C)=O)c2)[C@H]1O. The van der Waals surface area contributed by atoms with Crippen molar-refractivity contribution in [3.8, 4) is 0 Å². The smallest absolute Gasteiger partial charge is 0.303 e. The van der Waals surface area contributed by atoms with E-state index in [2.05, 4.69) is 21.3 Å². The number of aliphatic hydroxyl groups excluding tert-OH is 2. The molecule has 0 spiro atoms. The molecule has 38 heteroatoms. The Hall–Kier alpha value is -11.1. The highest BCUT2D eigenvalue weighted by Crippen LogP contribution is 2.52. The Kier molecular flexibility index (Phi) is 42.0. The molecular weight excluding hydrogens is 1710 g/mol. The van der Waals surface area contributed by atoms with Crippen molar-refractivity contribution < 1.29 is 142 Å². The number of hydrogen-bond donors (Lipinski definition) is 6. The lowest BCUT2D eigenvalue weighted by molar-refractivity contribution is -0.203. The molecule has 14 atom stereocenters. The second kappa shape index (κ2) is 50.0. The lowest BCUT2D eigenvalue weighted by Gasteiger charge is -2.39. The number of hydrogen-bond acceptors (Lipinski definition) is 32. The fourth-order valence-corrected chi connectivity index (χ4v) is 20.2. The zero-order valence-corrected chi connectivity index (χ0v) is 77.8. The van der Waals surface area contributed by atoms with Gasteiger partial charge in [-0.05, 0) is 134 Å². The molecule has 2 heterocycles. The number of aliphatic hydroxyl groups is 2. The molecule has 36 nitrogen and oxygen atoms in total. The summed E-state index contributed by atoms with van der Waals surface area (Å²) in [5.41, 5.74) is 2.79. The summed E-state index contributed by atoms with van der Waals surface area (Å²) in [6.07, 6.45) is -10.5. The normalized spacial score (nSPS) is 19.5. The third kappa shape index (κ3) is 31.7. The van der Waals surface area contributed by atoms with Crippen LogP contribution in [0.25, 0.3) is 0 Å². The van der Waals surface area contributed by atoms with Gasteiger partial charge in [-0.25, -0.2) is 16.8 Å². The van der Waals surface area contributed by atoms with Gasteiger partial charge < -0.3 is 88.6 Å². The van der Waals surface area contributed by atoms with E-state index in [1.165, 1.54) is 0 Å². The number of sulfone groups is 2. The summed E-state index contributed by atoms with van der Waals surface area (Å²) in [6, 6.07) is 24.3. The lowest BCUT2D eigenvalue weighted by atomic mass is 9.69. The van der Waals surface area contributed by atoms with Crippen LogP contribution in [0.4, 0.5) is 22.7 Å². The Morgan fingerprint density at radius 3 is 1.02 bits per heavy atom. The number of unbranched alkanes of at least 4 members (excludes halogenated alkanes) is 4. The zero-order chi connectivity index (χ0) is 95.9. The third-order valence-electron chi connectivity index (χ3n) is 21.8. The maximum absolute atomic E-state index is 14.0. The van der Waals surface area contributed by atoms with Gasteiger partial charge in [-0.15, -0.1) is 0 Å². The fraction of sp³-hybridized carbons (Fsp3) is 0.578. The van der Waals surface area contributed by atoms with Gasteiger partial charge in [0.15, 0.2) is 56.3 Å². The molecule has 4 amide bonds. The maximum Gasteiger partial charge on any atom is 0.303 e. The van der Waals surface area contributed by atoms with Crippen molar-refractivity contribution in [3.05, 3.63) is 107 Å². The van der Waals surface area contributed by atoms with Crippen LogP contribution < -0.4 is 31.1 Å². The molecule has 0 unspecified atom stereocenters. The summed E-state index contributed by atoms with van der Waals surface area (Å²) >= 11 is 0. The van der Waals surface area contributed by atoms with Gasteiger partial charge in [0.25, 0.3) is 11.8 Å². The third-order valence-corrected chi connectivity index (χ3v) is 25.8. The number of carbonyl (C=O) groups is 14. The minimum Gasteiger partial charge on any atom is -0.462 e. The number of rotatable bonds is 44. The van der Waals surface area contributed by atoms with E-state index in [-0.39, 0.29) is 84.7 Å². The van der Waals surface area contributed by atoms with Crippen LogP contribution in [0.15, 0.2) is 94.7 Å². The molecule has 128 heavy (non-hydrogen) atoms. The fourth-order valence-electron chi connectivity index (χ4n) is 15.7. The Balaban J connectivity index is 0.000000454. The predicted molar refractivity (Wildman–Crippen MR) is 467 cm³/mol. The average molecular weight is 1840 g/mol. The van der Waals surface area contributed by atoms with E-state index in [1.807, 2.05) is 90.0 Å². The van der Waals surface area contributed by atoms with Crippen molar-refractivity contribution in [2.24, 2.45) is 10.8 Å². The Bertz CT molecular complexity index is 4510. The molecule has 708 valence electrons. The van der Waals surface area contributed by atoms with Crippen molar-refractivity contribution in [1.82, 2.24) is 10.6 Å². The van der Waals surface area contributed by atoms with E-state index < -0.39 is 188 Å². The first-order chi connectivity index (χ1) is 60.1. The van der Waals surface area contributed by atoms with Crippen LogP contribution in [-0.2, 0) is 134 Å². The van der Waals surface area contributed by atoms with E-state index in [4.69, 9.17) is 47.4 Å². The van der Waals surface area contributed by atoms with Crippen LogP contribution in [0.1, 0.15) is 221 Å². The summed E-state index contributed by atoms with van der Waals surface area (Å²) in [7, 11) is -0.194. The van der Waals surface area contributed by atoms with Gasteiger partial charge in [-0.3, -0.25) is 67.1 Å². The van der Waals surface area contributed by atoms with E-state index in [0.29, 0.717) is 59.3 Å². The molecule has 0 saturated heterocycles. The second-order valence-corrected chi connectivity index (χ2v) is 36.3. The van der Waals surface area contributed by atoms with Gasteiger partial charge in [-0.2, -0.15) is 0 Å². The van der Waals surface area contributed by atoms with Crippen molar-refractivity contribution in [3.63, 3.8) is 0 Å². The first-order valence-corrected chi connectivity index (χ1v) is 45.8. The average Bonchev–Trinajstić information content (AvgIpc) is 1.59. The standard InChI is InChI=1S/2C45H63N3O15S/c2*1-10-12-21-45(11-2)26-64(57,58)37-20-19-34(48(8)9)24-35(37)39(43(45)55)32-16-15-17-33(23-32)47-38(54)18-13-14-22-46-44(56)42(63-31(7)53)41(62-30(6)52)40(61-29(5)51)36(60-28(4)50)25-59-27(3)49/h2*15-17,19-20,23-24,36,39-43,55H,10-14,18,21-22,25-26H2,1-9H3,(H,46,56)(H,47,54)/t36-,39+,40-,41+,42-,43+,45+;36-,39-,40-,41+,42-,43-,45-/m11/s1. The Morgan fingerprint density at radius 1 is 0.406 bits per heavy atom. The summed E-state index contributed by atoms with van der Waals surface area (Å²) in [4.78, 5) is 178. The van der Waals surface area contributed by atoms with Crippen LogP contribution in [-0.4, -0.2) is 237 Å². The highest BCUT2D eigenvalue weighted by molar-refractivity contribution is 7.91. The number of nitrogens with one attached hydrogen (secondary N) is 4. The van der Waals surface area contributed by atoms with Crippen molar-refractivity contribution in [2.75, 3.05) is 86.4 Å². The molecule has 0 bridgehead atoms. The molecule has 2 aliphatic heterocycles. The Morgan fingerprint density at radius 2 is 0.727 bits per heavy atom. The Labute approximate surface area is 748 Å². The minimum absolute atomic E-state index is 0.00751. The number of amides is 4. The summed E-state index contributed by atoms with van der Waals surface area (Å²) in [5.74, 6) is -13.8. The quantitative estimate of drug-likeness (QED) is 0.0138. The van der Waals surface area contributed by atoms with Crippen LogP contribution >= 0.6 is 0 Å². The van der Waals surface area contributed by atoms with E-state index in [9.17, 15) is 94.2 Å². The van der Waals surface area contributed by atoms with Crippen molar-refractivity contribution >= 4 is 126 Å². The van der Waals surface area contributed by atoms with Gasteiger partial charge in [-0.1, -0.05) is 77.6 Å². The second-order valence-electron chi connectivity index (χ2n) is 32.3. The van der Waals surface area contributed by atoms with Crippen LogP contribution in [0.5, 0.6) is 0 Å². The summed E-state index contributed by atoms with van der Waals surface area (Å²) < 4.78 is 108. The maximum atomic E-state index is 14.0. The zero-order valence-electron chi connectivity index (χ0n) is 76.2. The number of anilines is 4. The number of benzene rings is 4. The van der Waals surface area contributed by atoms with E-state index in [1.54, 1.807) is 60.7 Å². The molecule has 0 aliphatic carbocycles. The molecule has 2 aliphatic rings. The number of carbonyl (C=O) groups excluding carboxylic acids is 14. The summed E-state index contributed by atoms with van der Waals surface area (Å²) in [6.45, 7) is 16.5. The van der Waals surface area contributed by atoms with Crippen LogP contribution in [0.3, 0.4) is 0 Å². The monoisotopic (exact) mass is 1830 g/mol. The first-order valence-electron chi connectivity index (χ1n) is 42.5. The lowest BCUT2D eigenvalue weighted by Crippen LogP contribution is -2.57. The van der Waals surface area contributed by atoms with Gasteiger partial charge in [0, 0.05) is 169 Å². The molecular formula is C90H126N6O30S2. The van der Waals surface area contributed by atoms with Gasteiger partial charge in [0.2, 0.25) is 24.0 Å². The minimum atomic E-state index is -3.80. The largest absolute Gasteiger partial charge is 0.462 e. The molecule has 0 saturated carbocycles. The molecule has 4 aromatic rings. The van der Waals surface area contributed by atoms with E-state index >= 15 is 0 Å². The topological polar surface area (TPSA) is 495 Å². The highest BCUT2D eigenvalue weighted by Gasteiger charge is 2.53. The summed E-state index contributed by atoms with van der Waals surface area (Å²) in [5, 5.41) is 35.6. The van der Waals surface area contributed by atoms with Crippen molar-refractivity contribution in [2.45, 2.75) is 269 Å². The molecule has 4 aromatic carbocycles. The number of nitrogens with zero attached hydrogens (tertiary/aromatic N) is 2. The van der Waals surface area contributed by atoms with E-state index in [0.717, 1.165) is 106 Å². The molecule has 0 fully saturated rings. The molecule has 0 aromatic heterocycles. The first kappa shape index (κ1) is 107.